The van der Waals surface area contributed by atoms with E-state index in [2.05, 4.69) is 29.2 Å². The number of pyridine rings is 1. The maximum Gasteiger partial charge on any atom is 0.252 e. The molecule has 0 fully saturated rings. The molecule has 0 aliphatic heterocycles. The summed E-state index contributed by atoms with van der Waals surface area (Å²) in [5.41, 5.74) is 5.83. The van der Waals surface area contributed by atoms with E-state index in [0.717, 1.165) is 33.5 Å². The average molecular weight is 466 g/mol. The number of oxazole rings is 1. The van der Waals surface area contributed by atoms with Crippen molar-refractivity contribution in [1.82, 2.24) is 25.1 Å². The number of hydrogen-bond donors (Lipinski definition) is 1. The Hall–Kier alpha value is -4.26. The predicted octanol–water partition coefficient (Wildman–Crippen LogP) is 5.62. The molecule has 1 N–H and O–H groups in total. The van der Waals surface area contributed by atoms with Crippen LogP contribution in [0.3, 0.4) is 0 Å². The Morgan fingerprint density at radius 2 is 1.83 bits per heavy atom. The highest BCUT2D eigenvalue weighted by molar-refractivity contribution is 6.06. The first-order valence-corrected chi connectivity index (χ1v) is 11.7. The van der Waals surface area contributed by atoms with Crippen molar-refractivity contribution in [3.8, 4) is 22.7 Å². The number of carbonyl (C=O) groups excluding carboxylic acids is 1. The second-order valence-electron chi connectivity index (χ2n) is 8.81. The van der Waals surface area contributed by atoms with E-state index in [4.69, 9.17) is 9.40 Å². The number of nitrogens with zero attached hydrogens (tertiary/aromatic N) is 4. The van der Waals surface area contributed by atoms with Gasteiger partial charge in [0.2, 0.25) is 5.89 Å². The van der Waals surface area contributed by atoms with Crippen molar-refractivity contribution in [2.75, 3.05) is 6.54 Å². The molecule has 35 heavy (non-hydrogen) atoms. The number of rotatable bonds is 7. The molecule has 7 heteroatoms. The number of aromatic nitrogens is 4. The maximum atomic E-state index is 13.3. The van der Waals surface area contributed by atoms with Gasteiger partial charge in [-0.3, -0.25) is 4.79 Å². The van der Waals surface area contributed by atoms with Crippen LogP contribution < -0.4 is 5.32 Å². The van der Waals surface area contributed by atoms with Gasteiger partial charge in [-0.25, -0.2) is 14.6 Å². The second-order valence-corrected chi connectivity index (χ2v) is 8.81. The summed E-state index contributed by atoms with van der Waals surface area (Å²) in [6, 6.07) is 19.8. The molecule has 3 aromatic heterocycles. The van der Waals surface area contributed by atoms with E-state index in [1.807, 2.05) is 72.3 Å². The number of carbonyl (C=O) groups is 1. The zero-order chi connectivity index (χ0) is 24.4. The second kappa shape index (κ2) is 9.54. The number of fused-ring (bicyclic) bond motifs is 1. The third-order valence-electron chi connectivity index (χ3n) is 5.96. The Balaban J connectivity index is 1.39. The van der Waals surface area contributed by atoms with Crippen molar-refractivity contribution in [3.05, 3.63) is 89.9 Å². The molecule has 5 rings (SSSR count). The van der Waals surface area contributed by atoms with Gasteiger partial charge in [-0.15, -0.1) is 0 Å². The molecule has 0 radical (unpaired) electrons. The summed E-state index contributed by atoms with van der Waals surface area (Å²) < 4.78 is 7.46. The van der Waals surface area contributed by atoms with Gasteiger partial charge in [0, 0.05) is 30.1 Å². The first-order valence-electron chi connectivity index (χ1n) is 11.7. The maximum absolute atomic E-state index is 13.3. The molecule has 0 aliphatic carbocycles. The summed E-state index contributed by atoms with van der Waals surface area (Å²) in [6.45, 7) is 6.58. The normalized spacial score (nSPS) is 11.3. The van der Waals surface area contributed by atoms with Crippen LogP contribution in [-0.4, -0.2) is 32.2 Å². The highest BCUT2D eigenvalue weighted by Crippen LogP contribution is 2.28. The number of nitrogens with one attached hydrogen (secondary N) is 1. The molecule has 7 nitrogen and oxygen atoms in total. The zero-order valence-electron chi connectivity index (χ0n) is 20.0. The van der Waals surface area contributed by atoms with Crippen LogP contribution >= 0.6 is 0 Å². The minimum absolute atomic E-state index is 0.119. The van der Waals surface area contributed by atoms with Gasteiger partial charge in [-0.2, -0.15) is 5.10 Å². The van der Waals surface area contributed by atoms with Gasteiger partial charge in [0.05, 0.1) is 28.5 Å². The smallest absolute Gasteiger partial charge is 0.252 e. The largest absolute Gasteiger partial charge is 0.444 e. The SMILES string of the molecule is Cc1ccccc1-c1cc(C(=O)NCCc2coc(-c3ccccc3)n2)c2cnn(C(C)C)c2n1. The molecule has 0 saturated carbocycles. The van der Waals surface area contributed by atoms with Crippen LogP contribution in [0.25, 0.3) is 33.7 Å². The van der Waals surface area contributed by atoms with Gasteiger partial charge >= 0.3 is 0 Å². The van der Waals surface area contributed by atoms with Crippen LogP contribution in [0.1, 0.15) is 41.5 Å². The lowest BCUT2D eigenvalue weighted by Gasteiger charge is -2.12. The van der Waals surface area contributed by atoms with Crippen molar-refractivity contribution in [1.29, 1.82) is 0 Å². The van der Waals surface area contributed by atoms with E-state index in [9.17, 15) is 4.79 Å². The number of amides is 1. The minimum Gasteiger partial charge on any atom is -0.444 e. The molecule has 0 bridgehead atoms. The Kier molecular flexibility index (Phi) is 6.14. The first kappa shape index (κ1) is 22.5. The molecule has 0 atom stereocenters. The van der Waals surface area contributed by atoms with Crippen LogP contribution in [0.2, 0.25) is 0 Å². The topological polar surface area (TPSA) is 85.8 Å². The third-order valence-corrected chi connectivity index (χ3v) is 5.96. The highest BCUT2D eigenvalue weighted by atomic mass is 16.3. The van der Waals surface area contributed by atoms with Gasteiger partial charge in [-0.1, -0.05) is 42.5 Å². The molecule has 3 heterocycles. The van der Waals surface area contributed by atoms with E-state index in [1.165, 1.54) is 0 Å². The Morgan fingerprint density at radius 1 is 1.06 bits per heavy atom. The summed E-state index contributed by atoms with van der Waals surface area (Å²) in [5, 5.41) is 8.28. The Morgan fingerprint density at radius 3 is 2.60 bits per heavy atom. The van der Waals surface area contributed by atoms with Crippen LogP contribution in [0.5, 0.6) is 0 Å². The summed E-state index contributed by atoms with van der Waals surface area (Å²) >= 11 is 0. The average Bonchev–Trinajstić information content (AvgIpc) is 3.52. The Bertz CT molecular complexity index is 1480. The van der Waals surface area contributed by atoms with E-state index in [0.29, 0.717) is 30.1 Å². The minimum atomic E-state index is -0.165. The van der Waals surface area contributed by atoms with Crippen LogP contribution in [-0.2, 0) is 6.42 Å². The van der Waals surface area contributed by atoms with Crippen LogP contribution in [0.15, 0.2) is 77.5 Å². The van der Waals surface area contributed by atoms with Crippen molar-refractivity contribution < 1.29 is 9.21 Å². The molecular formula is C28H27N5O2. The fraction of sp³-hybridized carbons (Fsp3) is 0.214. The Labute approximate surface area is 203 Å². The van der Waals surface area contributed by atoms with Gasteiger partial charge < -0.3 is 9.73 Å². The number of aryl methyl sites for hydroxylation is 1. The van der Waals surface area contributed by atoms with Crippen molar-refractivity contribution in [2.45, 2.75) is 33.2 Å². The van der Waals surface area contributed by atoms with E-state index >= 15 is 0 Å². The lowest BCUT2D eigenvalue weighted by Crippen LogP contribution is -2.26. The van der Waals surface area contributed by atoms with Crippen LogP contribution in [0, 0.1) is 6.92 Å². The standard InChI is InChI=1S/C28H27N5O2/c1-18(2)33-26-24(16-30-33)23(15-25(32-26)22-12-8-7-9-19(22)3)27(34)29-14-13-21-17-35-28(31-21)20-10-5-4-6-11-20/h4-12,15-18H,13-14H2,1-3H3,(H,29,34). The number of hydrogen-bond acceptors (Lipinski definition) is 5. The molecule has 0 unspecified atom stereocenters. The lowest BCUT2D eigenvalue weighted by atomic mass is 10.0. The molecule has 2 aromatic carbocycles. The first-order chi connectivity index (χ1) is 17.0. The van der Waals surface area contributed by atoms with Gasteiger partial charge in [-0.05, 0) is 44.5 Å². The van der Waals surface area contributed by atoms with Gasteiger partial charge in [0.1, 0.15) is 6.26 Å². The number of benzene rings is 2. The van der Waals surface area contributed by atoms with Crippen molar-refractivity contribution in [3.63, 3.8) is 0 Å². The molecule has 0 spiro atoms. The fourth-order valence-electron chi connectivity index (χ4n) is 4.12. The summed E-state index contributed by atoms with van der Waals surface area (Å²) in [4.78, 5) is 22.7. The lowest BCUT2D eigenvalue weighted by molar-refractivity contribution is 0.0955. The predicted molar refractivity (Wildman–Crippen MR) is 136 cm³/mol. The molecule has 0 saturated heterocycles. The molecule has 176 valence electrons. The quantitative estimate of drug-likeness (QED) is 0.337. The van der Waals surface area contributed by atoms with Crippen molar-refractivity contribution >= 4 is 16.9 Å². The monoisotopic (exact) mass is 465 g/mol. The molecular weight excluding hydrogens is 438 g/mol. The summed E-state index contributed by atoms with van der Waals surface area (Å²) in [7, 11) is 0. The van der Waals surface area contributed by atoms with E-state index < -0.39 is 0 Å². The van der Waals surface area contributed by atoms with Crippen LogP contribution in [0.4, 0.5) is 0 Å². The molecule has 5 aromatic rings. The fourth-order valence-corrected chi connectivity index (χ4v) is 4.12. The third kappa shape index (κ3) is 4.57. The van der Waals surface area contributed by atoms with E-state index in [-0.39, 0.29) is 11.9 Å². The summed E-state index contributed by atoms with van der Waals surface area (Å²) in [5.74, 6) is 0.411. The molecule has 0 aliphatic rings. The van der Waals surface area contributed by atoms with Gasteiger partial charge in [0.25, 0.3) is 5.91 Å². The summed E-state index contributed by atoms with van der Waals surface area (Å²) in [6.07, 6.45) is 3.93. The highest BCUT2D eigenvalue weighted by Gasteiger charge is 2.19. The molecule has 1 amide bonds. The zero-order valence-corrected chi connectivity index (χ0v) is 20.0. The van der Waals surface area contributed by atoms with E-state index in [1.54, 1.807) is 12.5 Å². The van der Waals surface area contributed by atoms with Crippen molar-refractivity contribution in [2.24, 2.45) is 0 Å². The van der Waals surface area contributed by atoms with Gasteiger partial charge in [0.15, 0.2) is 5.65 Å².